The molecule has 1 aromatic rings. The van der Waals surface area contributed by atoms with Crippen LogP contribution in [0.2, 0.25) is 0 Å². The molecule has 0 amide bonds. The summed E-state index contributed by atoms with van der Waals surface area (Å²) in [6.45, 7) is 3.33. The van der Waals surface area contributed by atoms with Crippen LogP contribution in [0.5, 0.6) is 0 Å². The fraction of sp³-hybridized carbons (Fsp3) is 0.789. The first kappa shape index (κ1) is 21.1. The first-order valence-electron chi connectivity index (χ1n) is 9.72. The van der Waals surface area contributed by atoms with Gasteiger partial charge < -0.3 is 24.6 Å². The molecule has 0 aromatic carbocycles. The van der Waals surface area contributed by atoms with Crippen molar-refractivity contribution in [2.75, 3.05) is 64.3 Å². The summed E-state index contributed by atoms with van der Waals surface area (Å²) in [5, 5.41) is 3.06. The Bertz CT molecular complexity index is 649. The van der Waals surface area contributed by atoms with E-state index >= 15 is 0 Å². The number of aromatic nitrogens is 2. The number of ether oxygens (including phenoxy) is 2. The van der Waals surface area contributed by atoms with Gasteiger partial charge in [0.05, 0.1) is 17.6 Å². The third-order valence-corrected chi connectivity index (χ3v) is 6.13. The summed E-state index contributed by atoms with van der Waals surface area (Å²) in [6.07, 6.45) is 2.38. The minimum atomic E-state index is -2.80. The molecule has 2 aliphatic rings. The smallest absolute Gasteiger partial charge is 0.252 e. The Hall–Kier alpha value is -1.58. The molecule has 1 N–H and O–H groups in total. The number of likely N-dealkylation sites (N-methyl/N-ethyl adjacent to an activating group) is 1. The molecule has 0 saturated carbocycles. The van der Waals surface area contributed by atoms with Crippen molar-refractivity contribution in [1.29, 1.82) is 0 Å². The number of methoxy groups -OCH3 is 1. The predicted molar refractivity (Wildman–Crippen MR) is 104 cm³/mol. The van der Waals surface area contributed by atoms with Crippen molar-refractivity contribution < 1.29 is 18.3 Å². The SMILES string of the molecule is CO[C@@H]1CN(c2ccnc(NCC3(C(C)(F)F)CCOCC3)n2)C[C@@H]1N(C)C. The Balaban J connectivity index is 1.70. The zero-order valence-electron chi connectivity index (χ0n) is 17.1. The highest BCUT2D eigenvalue weighted by atomic mass is 19.3. The first-order chi connectivity index (χ1) is 13.3. The van der Waals surface area contributed by atoms with E-state index in [1.807, 2.05) is 20.2 Å². The highest BCUT2D eigenvalue weighted by Gasteiger charge is 2.50. The fourth-order valence-corrected chi connectivity index (χ4v) is 4.06. The van der Waals surface area contributed by atoms with Crippen LogP contribution in [-0.2, 0) is 9.47 Å². The van der Waals surface area contributed by atoms with Gasteiger partial charge in [-0.3, -0.25) is 0 Å². The molecule has 3 heterocycles. The minimum absolute atomic E-state index is 0.0886. The van der Waals surface area contributed by atoms with Gasteiger partial charge in [-0.25, -0.2) is 13.8 Å². The van der Waals surface area contributed by atoms with Crippen LogP contribution in [0.3, 0.4) is 0 Å². The van der Waals surface area contributed by atoms with Crippen molar-refractivity contribution in [2.24, 2.45) is 5.41 Å². The van der Waals surface area contributed by atoms with Crippen LogP contribution < -0.4 is 10.2 Å². The zero-order valence-corrected chi connectivity index (χ0v) is 17.1. The van der Waals surface area contributed by atoms with E-state index in [1.165, 1.54) is 0 Å². The van der Waals surface area contributed by atoms with Crippen molar-refractivity contribution in [3.05, 3.63) is 12.3 Å². The van der Waals surface area contributed by atoms with Crippen LogP contribution in [-0.4, -0.2) is 87.0 Å². The molecular weight excluding hydrogens is 368 g/mol. The van der Waals surface area contributed by atoms with Gasteiger partial charge in [0.2, 0.25) is 5.95 Å². The summed E-state index contributed by atoms with van der Waals surface area (Å²) in [7, 11) is 5.78. The molecule has 0 aliphatic carbocycles. The van der Waals surface area contributed by atoms with Crippen LogP contribution in [0.25, 0.3) is 0 Å². The van der Waals surface area contributed by atoms with Crippen molar-refractivity contribution in [1.82, 2.24) is 14.9 Å². The van der Waals surface area contributed by atoms with E-state index in [-0.39, 0.29) is 18.7 Å². The van der Waals surface area contributed by atoms with E-state index in [1.54, 1.807) is 13.3 Å². The Morgan fingerprint density at radius 1 is 1.36 bits per heavy atom. The number of nitrogens with one attached hydrogen (secondary N) is 1. The molecule has 0 spiro atoms. The summed E-state index contributed by atoms with van der Waals surface area (Å²) in [6, 6.07) is 2.11. The van der Waals surface area contributed by atoms with Gasteiger partial charge in [0, 0.05) is 46.2 Å². The maximum atomic E-state index is 14.3. The van der Waals surface area contributed by atoms with Gasteiger partial charge in [-0.05, 0) is 39.9 Å². The lowest BCUT2D eigenvalue weighted by atomic mass is 9.75. The monoisotopic (exact) mass is 399 g/mol. The van der Waals surface area contributed by atoms with Gasteiger partial charge in [-0.2, -0.15) is 4.98 Å². The Kier molecular flexibility index (Phi) is 6.36. The average Bonchev–Trinajstić information content (AvgIpc) is 3.11. The lowest BCUT2D eigenvalue weighted by Crippen LogP contribution is -2.48. The highest BCUT2D eigenvalue weighted by Crippen LogP contribution is 2.44. The van der Waals surface area contributed by atoms with E-state index in [0.29, 0.717) is 32.0 Å². The highest BCUT2D eigenvalue weighted by molar-refractivity contribution is 5.44. The van der Waals surface area contributed by atoms with Crippen LogP contribution in [0.1, 0.15) is 19.8 Å². The molecule has 0 radical (unpaired) electrons. The van der Waals surface area contributed by atoms with E-state index in [2.05, 4.69) is 25.1 Å². The number of halogens is 2. The van der Waals surface area contributed by atoms with Gasteiger partial charge >= 0.3 is 0 Å². The lowest BCUT2D eigenvalue weighted by Gasteiger charge is -2.41. The topological polar surface area (TPSA) is 62.8 Å². The molecule has 2 aliphatic heterocycles. The van der Waals surface area contributed by atoms with Crippen molar-refractivity contribution >= 4 is 11.8 Å². The Labute approximate surface area is 165 Å². The third kappa shape index (κ3) is 4.36. The zero-order chi connectivity index (χ0) is 20.4. The maximum absolute atomic E-state index is 14.3. The van der Waals surface area contributed by atoms with Gasteiger partial charge in [0.15, 0.2) is 0 Å². The minimum Gasteiger partial charge on any atom is -0.381 e. The largest absolute Gasteiger partial charge is 0.381 e. The van der Waals surface area contributed by atoms with Gasteiger partial charge in [0.1, 0.15) is 5.82 Å². The first-order valence-corrected chi connectivity index (χ1v) is 9.72. The molecule has 9 heteroatoms. The van der Waals surface area contributed by atoms with E-state index in [9.17, 15) is 8.78 Å². The fourth-order valence-electron chi connectivity index (χ4n) is 4.06. The van der Waals surface area contributed by atoms with Gasteiger partial charge in [-0.1, -0.05) is 0 Å². The molecule has 28 heavy (non-hydrogen) atoms. The number of nitrogens with zero attached hydrogens (tertiary/aromatic N) is 4. The molecule has 2 fully saturated rings. The normalized spacial score (nSPS) is 25.3. The second kappa shape index (κ2) is 8.42. The maximum Gasteiger partial charge on any atom is 0.252 e. The second-order valence-corrected chi connectivity index (χ2v) is 8.08. The molecule has 7 nitrogen and oxygen atoms in total. The summed E-state index contributed by atoms with van der Waals surface area (Å²) in [4.78, 5) is 13.1. The van der Waals surface area contributed by atoms with Crippen LogP contribution in [0.4, 0.5) is 20.5 Å². The molecule has 0 unspecified atom stereocenters. The van der Waals surface area contributed by atoms with Crippen LogP contribution >= 0.6 is 0 Å². The molecule has 0 bridgehead atoms. The van der Waals surface area contributed by atoms with Crippen LogP contribution in [0.15, 0.2) is 12.3 Å². The standard InChI is InChI=1S/C19H31F2N5O2/c1-18(20,21)19(6-9-28-10-7-19)13-23-17-22-8-5-16(24-17)26-11-14(25(2)3)15(12-26)27-4/h5,8,14-15H,6-7,9-13H2,1-4H3,(H,22,23,24)/t14-,15+/m0/s1. The van der Waals surface area contributed by atoms with E-state index < -0.39 is 11.3 Å². The molecular formula is C19H31F2N5O2. The number of alkyl halides is 2. The molecule has 1 aromatic heterocycles. The van der Waals surface area contributed by atoms with Gasteiger partial charge in [0.25, 0.3) is 5.92 Å². The summed E-state index contributed by atoms with van der Waals surface area (Å²) in [5.41, 5.74) is -1.14. The Morgan fingerprint density at radius 3 is 2.64 bits per heavy atom. The quantitative estimate of drug-likeness (QED) is 0.753. The Morgan fingerprint density at radius 2 is 2.07 bits per heavy atom. The third-order valence-electron chi connectivity index (χ3n) is 6.13. The van der Waals surface area contributed by atoms with Crippen molar-refractivity contribution in [2.45, 2.75) is 37.8 Å². The average molecular weight is 399 g/mol. The molecule has 2 saturated heterocycles. The summed E-state index contributed by atoms with van der Waals surface area (Å²) >= 11 is 0. The second-order valence-electron chi connectivity index (χ2n) is 8.08. The lowest BCUT2D eigenvalue weighted by molar-refractivity contribution is -0.143. The van der Waals surface area contributed by atoms with Crippen LogP contribution in [0, 0.1) is 5.41 Å². The molecule has 158 valence electrons. The predicted octanol–water partition coefficient (Wildman–Crippen LogP) is 2.11. The summed E-state index contributed by atoms with van der Waals surface area (Å²) in [5.74, 6) is -1.66. The summed E-state index contributed by atoms with van der Waals surface area (Å²) < 4.78 is 39.6. The molecule has 2 atom stereocenters. The van der Waals surface area contributed by atoms with E-state index in [0.717, 1.165) is 25.8 Å². The van der Waals surface area contributed by atoms with E-state index in [4.69, 9.17) is 9.47 Å². The number of rotatable bonds is 7. The number of anilines is 2. The van der Waals surface area contributed by atoms with Gasteiger partial charge in [-0.15, -0.1) is 0 Å². The van der Waals surface area contributed by atoms with Crippen molar-refractivity contribution in [3.8, 4) is 0 Å². The number of hydrogen-bond donors (Lipinski definition) is 1. The number of hydrogen-bond acceptors (Lipinski definition) is 7. The van der Waals surface area contributed by atoms with Crippen molar-refractivity contribution in [3.63, 3.8) is 0 Å². The molecule has 3 rings (SSSR count).